The van der Waals surface area contributed by atoms with E-state index in [1.165, 1.54) is 11.5 Å². The Balaban J connectivity index is 1.68. The Kier molecular flexibility index (Phi) is 5.83. The van der Waals surface area contributed by atoms with Crippen LogP contribution in [-0.2, 0) is 11.2 Å². The Morgan fingerprint density at radius 2 is 1.65 bits per heavy atom. The Hall–Kier alpha value is -4.02. The van der Waals surface area contributed by atoms with E-state index in [1.54, 1.807) is 49.6 Å². The van der Waals surface area contributed by atoms with Crippen LogP contribution < -0.4 is 4.74 Å². The van der Waals surface area contributed by atoms with Gasteiger partial charge in [0, 0.05) is 17.6 Å². The first kappa shape index (κ1) is 21.8. The lowest BCUT2D eigenvalue weighted by atomic mass is 9.89. The number of carbonyl (C=O) groups is 2. The summed E-state index contributed by atoms with van der Waals surface area (Å²) < 4.78 is 18.4. The number of ether oxygens (including phenoxy) is 1. The molecule has 0 amide bonds. The highest BCUT2D eigenvalue weighted by atomic mass is 32.1. The average molecular weight is 489 g/mol. The molecule has 0 atom stereocenters. The molecule has 0 saturated heterocycles. The van der Waals surface area contributed by atoms with Crippen LogP contribution in [0.1, 0.15) is 21.5 Å². The minimum Gasteiger partial charge on any atom is -0.497 e. The van der Waals surface area contributed by atoms with E-state index in [9.17, 15) is 14.7 Å². The summed E-state index contributed by atoms with van der Waals surface area (Å²) in [5, 5.41) is 14.3. The van der Waals surface area contributed by atoms with E-state index in [2.05, 4.69) is 18.3 Å². The summed E-state index contributed by atoms with van der Waals surface area (Å²) in [4.78, 5) is 26.2. The highest BCUT2D eigenvalue weighted by Crippen LogP contribution is 2.29. The Morgan fingerprint density at radius 1 is 0.912 bits per heavy atom. The minimum absolute atomic E-state index is 0.0711. The van der Waals surface area contributed by atoms with Gasteiger partial charge >= 0.3 is 5.97 Å². The number of nitrogens with zero attached hydrogens (tertiary/aromatic N) is 4. The van der Waals surface area contributed by atoms with Crippen molar-refractivity contribution in [3.8, 4) is 5.75 Å². The zero-order chi connectivity index (χ0) is 23.7. The van der Waals surface area contributed by atoms with Gasteiger partial charge in [-0.1, -0.05) is 16.6 Å². The third-order valence-electron chi connectivity index (χ3n) is 5.38. The number of carbonyl (C=O) groups excluding carboxylic acids is 1. The molecule has 0 aliphatic rings. The first-order valence-electron chi connectivity index (χ1n) is 10.1. The molecule has 168 valence electrons. The molecule has 0 saturated carbocycles. The number of allylic oxidation sites excluding steroid dienone is 1. The van der Waals surface area contributed by atoms with Crippen molar-refractivity contribution in [2.45, 2.75) is 6.42 Å². The van der Waals surface area contributed by atoms with E-state index in [1.807, 2.05) is 18.2 Å². The molecular weight excluding hydrogens is 472 g/mol. The molecule has 0 bridgehead atoms. The Bertz CT molecular complexity index is 1570. The first-order chi connectivity index (χ1) is 16.5. The van der Waals surface area contributed by atoms with Crippen molar-refractivity contribution in [3.05, 3.63) is 82.9 Å². The fourth-order valence-corrected chi connectivity index (χ4v) is 4.84. The lowest BCUT2D eigenvalue weighted by Crippen LogP contribution is -2.14. The molecule has 34 heavy (non-hydrogen) atoms. The summed E-state index contributed by atoms with van der Waals surface area (Å²) >= 11 is 2.29. The molecular formula is C24H16N4O4S2. The summed E-state index contributed by atoms with van der Waals surface area (Å²) in [6.07, 6.45) is 0.119. The van der Waals surface area contributed by atoms with Crippen LogP contribution in [0.5, 0.6) is 5.75 Å². The van der Waals surface area contributed by atoms with Gasteiger partial charge in [0.25, 0.3) is 0 Å². The van der Waals surface area contributed by atoms with Gasteiger partial charge in [-0.05, 0) is 71.2 Å². The van der Waals surface area contributed by atoms with E-state index in [4.69, 9.17) is 4.74 Å². The van der Waals surface area contributed by atoms with Crippen LogP contribution in [0.2, 0.25) is 0 Å². The molecule has 10 heteroatoms. The van der Waals surface area contributed by atoms with Gasteiger partial charge in [-0.15, -0.1) is 5.10 Å². The van der Waals surface area contributed by atoms with Crippen molar-refractivity contribution in [2.75, 3.05) is 7.11 Å². The van der Waals surface area contributed by atoms with E-state index in [0.717, 1.165) is 27.5 Å². The van der Waals surface area contributed by atoms with E-state index in [-0.39, 0.29) is 23.4 Å². The number of hydrogen-bond acceptors (Lipinski definition) is 9. The normalized spacial score (nSPS) is 12.0. The summed E-state index contributed by atoms with van der Waals surface area (Å²) in [7, 11) is 1.54. The predicted octanol–water partition coefficient (Wildman–Crippen LogP) is 4.67. The number of benzene rings is 3. The van der Waals surface area contributed by atoms with Crippen LogP contribution in [0.25, 0.3) is 26.8 Å². The third kappa shape index (κ3) is 4.16. The summed E-state index contributed by atoms with van der Waals surface area (Å²) in [5.74, 6) is -0.968. The van der Waals surface area contributed by atoms with Gasteiger partial charge in [-0.2, -0.15) is 8.75 Å². The number of fused-ring (bicyclic) bond motifs is 2. The standard InChI is InChI=1S/C24H16N4O4S2/c1-32-16-6-3-14(4-7-16)23(29)17(10-13-2-8-19-21(11-13)33-28-25-19)22(24(30)31)15-5-9-18-20(12-15)27-34-26-18/h2-9,11-12H,10H2,1H3,(H,30,31). The molecule has 0 aliphatic carbocycles. The van der Waals surface area contributed by atoms with Gasteiger partial charge in [-0.3, -0.25) is 4.79 Å². The second-order valence-corrected chi connectivity index (χ2v) is 8.75. The lowest BCUT2D eigenvalue weighted by molar-refractivity contribution is -0.130. The molecule has 5 aromatic rings. The molecule has 0 spiro atoms. The second kappa shape index (κ2) is 9.08. The fraction of sp³-hybridized carbons (Fsp3) is 0.0833. The number of carboxylic acid groups (broad SMARTS) is 1. The molecule has 0 aliphatic heterocycles. The van der Waals surface area contributed by atoms with Gasteiger partial charge in [0.05, 0.1) is 29.1 Å². The lowest BCUT2D eigenvalue weighted by Gasteiger charge is -2.13. The maximum absolute atomic E-state index is 13.7. The number of hydrogen-bond donors (Lipinski definition) is 1. The van der Waals surface area contributed by atoms with Crippen molar-refractivity contribution in [2.24, 2.45) is 0 Å². The molecule has 3 aromatic carbocycles. The van der Waals surface area contributed by atoms with Crippen LogP contribution in [0.3, 0.4) is 0 Å². The minimum atomic E-state index is -1.19. The molecule has 1 N–H and O–H groups in total. The van der Waals surface area contributed by atoms with Crippen LogP contribution in [0, 0.1) is 0 Å². The van der Waals surface area contributed by atoms with Gasteiger partial charge in [0.15, 0.2) is 5.78 Å². The van der Waals surface area contributed by atoms with Crippen LogP contribution in [0.4, 0.5) is 0 Å². The third-order valence-corrected chi connectivity index (χ3v) is 6.62. The number of aromatic nitrogens is 4. The van der Waals surface area contributed by atoms with E-state index in [0.29, 0.717) is 27.9 Å². The average Bonchev–Trinajstić information content (AvgIpc) is 3.51. The topological polar surface area (TPSA) is 115 Å². The van der Waals surface area contributed by atoms with E-state index < -0.39 is 5.97 Å². The van der Waals surface area contributed by atoms with E-state index >= 15 is 0 Å². The quantitative estimate of drug-likeness (QED) is 0.260. The summed E-state index contributed by atoms with van der Waals surface area (Å²) in [6.45, 7) is 0. The molecule has 0 fully saturated rings. The van der Waals surface area contributed by atoms with Crippen LogP contribution >= 0.6 is 23.3 Å². The van der Waals surface area contributed by atoms with Gasteiger partial charge in [0.2, 0.25) is 0 Å². The van der Waals surface area contributed by atoms with Crippen LogP contribution in [0.15, 0.2) is 66.2 Å². The first-order valence-corrected chi connectivity index (χ1v) is 11.6. The molecule has 2 aromatic heterocycles. The smallest absolute Gasteiger partial charge is 0.336 e. The number of ketones is 1. The van der Waals surface area contributed by atoms with Crippen molar-refractivity contribution in [3.63, 3.8) is 0 Å². The monoisotopic (exact) mass is 488 g/mol. The van der Waals surface area contributed by atoms with Crippen molar-refractivity contribution in [1.82, 2.24) is 18.3 Å². The summed E-state index contributed by atoms with van der Waals surface area (Å²) in [6, 6.07) is 17.2. The molecule has 5 rings (SSSR count). The zero-order valence-electron chi connectivity index (χ0n) is 17.8. The fourth-order valence-electron chi connectivity index (χ4n) is 3.70. The second-order valence-electron chi connectivity index (χ2n) is 7.44. The molecule has 2 heterocycles. The van der Waals surface area contributed by atoms with Crippen molar-refractivity contribution in [1.29, 1.82) is 0 Å². The molecule has 8 nitrogen and oxygen atoms in total. The number of aliphatic carboxylic acids is 1. The largest absolute Gasteiger partial charge is 0.497 e. The SMILES string of the molecule is COc1ccc(C(=O)C(Cc2ccc3nnsc3c2)=C(C(=O)O)c2ccc3nsnc3c2)cc1. The highest BCUT2D eigenvalue weighted by Gasteiger charge is 2.24. The number of rotatable bonds is 7. The predicted molar refractivity (Wildman–Crippen MR) is 130 cm³/mol. The van der Waals surface area contributed by atoms with Crippen LogP contribution in [-0.4, -0.2) is 42.3 Å². The maximum atomic E-state index is 13.7. The number of Topliss-reactive ketones (excluding diaryl/α,β-unsaturated/α-hetero) is 1. The number of carboxylic acids is 1. The molecule has 0 radical (unpaired) electrons. The zero-order valence-corrected chi connectivity index (χ0v) is 19.4. The van der Waals surface area contributed by atoms with Gasteiger partial charge in [0.1, 0.15) is 22.3 Å². The Morgan fingerprint density at radius 3 is 2.41 bits per heavy atom. The Labute approximate surface area is 201 Å². The van der Waals surface area contributed by atoms with Gasteiger partial charge in [-0.25, -0.2) is 4.79 Å². The molecule has 0 unspecified atom stereocenters. The highest BCUT2D eigenvalue weighted by molar-refractivity contribution is 7.12. The van der Waals surface area contributed by atoms with Crippen molar-refractivity contribution >= 4 is 61.8 Å². The summed E-state index contributed by atoms with van der Waals surface area (Å²) in [5.41, 5.74) is 3.64. The van der Waals surface area contributed by atoms with Crippen molar-refractivity contribution < 1.29 is 19.4 Å². The maximum Gasteiger partial charge on any atom is 0.336 e. The number of methoxy groups -OCH3 is 1. The van der Waals surface area contributed by atoms with Gasteiger partial charge < -0.3 is 9.84 Å².